The number of nitrogens with one attached hydrogen (secondary N) is 1. The molecule has 3 N–H and O–H groups in total. The summed E-state index contributed by atoms with van der Waals surface area (Å²) >= 11 is 0.935. The van der Waals surface area contributed by atoms with Crippen molar-refractivity contribution < 1.29 is 23.4 Å². The fourth-order valence-corrected chi connectivity index (χ4v) is 3.83. The Hall–Kier alpha value is -3.74. The molecule has 0 aliphatic rings. The number of nitrogens with two attached hydrogens (primary N) is 1. The fraction of sp³-hybridized carbons (Fsp3) is 0.381. The number of carbonyl (C=O) groups excluding carboxylic acids is 1. The molecular weight excluding hydrogens is 466 g/mol. The highest BCUT2D eigenvalue weighted by atomic mass is 32.2. The molecule has 1 aromatic carbocycles. The first-order valence-corrected chi connectivity index (χ1v) is 11.1. The number of hydrogen-bond acceptors (Lipinski definition) is 11. The van der Waals surface area contributed by atoms with E-state index in [9.17, 15) is 14.4 Å². The molecule has 182 valence electrons. The van der Waals surface area contributed by atoms with Crippen molar-refractivity contribution in [3.05, 3.63) is 38.5 Å². The second-order valence-corrected chi connectivity index (χ2v) is 8.45. The average molecular weight is 492 g/mol. The van der Waals surface area contributed by atoms with E-state index >= 15 is 0 Å². The third-order valence-electron chi connectivity index (χ3n) is 4.71. The van der Waals surface area contributed by atoms with Gasteiger partial charge in [-0.25, -0.2) is 4.79 Å². The summed E-state index contributed by atoms with van der Waals surface area (Å²) < 4.78 is 22.8. The van der Waals surface area contributed by atoms with Crippen molar-refractivity contribution in [2.24, 2.45) is 5.92 Å². The van der Waals surface area contributed by atoms with Crippen LogP contribution in [0, 0.1) is 5.92 Å². The zero-order valence-electron chi connectivity index (χ0n) is 19.3. The van der Waals surface area contributed by atoms with E-state index in [1.165, 1.54) is 25.9 Å². The second kappa shape index (κ2) is 10.5. The molecule has 0 saturated carbocycles. The van der Waals surface area contributed by atoms with Gasteiger partial charge in [-0.15, -0.1) is 10.2 Å². The maximum atomic E-state index is 12.8. The van der Waals surface area contributed by atoms with Crippen LogP contribution in [0.3, 0.4) is 0 Å². The van der Waals surface area contributed by atoms with Crippen molar-refractivity contribution in [1.29, 1.82) is 0 Å². The number of methoxy groups -OCH3 is 3. The Kier molecular flexibility index (Phi) is 7.66. The number of aromatic nitrogens is 4. The summed E-state index contributed by atoms with van der Waals surface area (Å²) in [5, 5.41) is 8.03. The van der Waals surface area contributed by atoms with Crippen molar-refractivity contribution in [1.82, 2.24) is 19.7 Å². The Morgan fingerprint density at radius 3 is 2.35 bits per heavy atom. The summed E-state index contributed by atoms with van der Waals surface area (Å²) in [7, 11) is 4.46. The van der Waals surface area contributed by atoms with Crippen LogP contribution in [0.5, 0.6) is 17.2 Å². The molecular formula is C21H25N5O7S. The number of ketones is 1. The van der Waals surface area contributed by atoms with E-state index in [1.807, 2.05) is 13.8 Å². The molecule has 0 atom stereocenters. The number of H-pyrrole nitrogens is 1. The molecule has 3 aromatic rings. The number of carbonyl (C=O) groups is 1. The number of Topliss-reactive ketones (excluding diaryl/α,β-unsaturated/α-hetero) is 1. The number of rotatable bonds is 10. The lowest BCUT2D eigenvalue weighted by molar-refractivity contribution is 0.102. The smallest absolute Gasteiger partial charge is 0.329 e. The SMILES string of the molecule is COc1cc(-c2nnc(SCC(=O)c3c(N)n(CC(C)C)c(=O)[nH]c3=O)o2)cc(OC)c1OC. The summed E-state index contributed by atoms with van der Waals surface area (Å²) in [6, 6.07) is 3.29. The quantitative estimate of drug-likeness (QED) is 0.314. The molecule has 2 aromatic heterocycles. The molecule has 0 bridgehead atoms. The number of nitrogens with zero attached hydrogens (tertiary/aromatic N) is 3. The lowest BCUT2D eigenvalue weighted by atomic mass is 10.2. The Labute approximate surface area is 198 Å². The van der Waals surface area contributed by atoms with E-state index in [-0.39, 0.29) is 40.7 Å². The second-order valence-electron chi connectivity index (χ2n) is 7.52. The Bertz CT molecular complexity index is 1290. The molecule has 0 radical (unpaired) electrons. The van der Waals surface area contributed by atoms with Crippen LogP contribution in [0.25, 0.3) is 11.5 Å². The van der Waals surface area contributed by atoms with Gasteiger partial charge < -0.3 is 24.4 Å². The molecule has 12 nitrogen and oxygen atoms in total. The van der Waals surface area contributed by atoms with Crippen molar-refractivity contribution >= 4 is 23.4 Å². The number of ether oxygens (including phenoxy) is 3. The Morgan fingerprint density at radius 2 is 1.79 bits per heavy atom. The highest BCUT2D eigenvalue weighted by molar-refractivity contribution is 7.99. The summed E-state index contributed by atoms with van der Waals surface area (Å²) in [5.41, 5.74) is 4.73. The lowest BCUT2D eigenvalue weighted by Crippen LogP contribution is -2.37. The van der Waals surface area contributed by atoms with Crippen LogP contribution in [-0.4, -0.2) is 52.6 Å². The normalized spacial score (nSPS) is 11.0. The van der Waals surface area contributed by atoms with Gasteiger partial charge in [0.2, 0.25) is 11.6 Å². The van der Waals surface area contributed by atoms with E-state index in [0.29, 0.717) is 22.8 Å². The number of anilines is 1. The van der Waals surface area contributed by atoms with Gasteiger partial charge in [-0.2, -0.15) is 0 Å². The van der Waals surface area contributed by atoms with Crippen LogP contribution >= 0.6 is 11.8 Å². The van der Waals surface area contributed by atoms with Crippen LogP contribution in [-0.2, 0) is 6.54 Å². The highest BCUT2D eigenvalue weighted by Crippen LogP contribution is 2.41. The standard InChI is InChI=1S/C21H25N5O7S/c1-10(2)8-26-17(22)15(18(28)23-20(26)29)12(27)9-34-21-25-24-19(33-21)11-6-13(30-3)16(32-5)14(7-11)31-4/h6-7,10H,8-9,22H2,1-5H3,(H,23,28,29). The highest BCUT2D eigenvalue weighted by Gasteiger charge is 2.22. The Balaban J connectivity index is 1.82. The molecule has 0 fully saturated rings. The largest absolute Gasteiger partial charge is 0.493 e. The van der Waals surface area contributed by atoms with Crippen molar-refractivity contribution in [3.8, 4) is 28.7 Å². The lowest BCUT2D eigenvalue weighted by Gasteiger charge is -2.13. The molecule has 0 amide bonds. The number of hydrogen-bond donors (Lipinski definition) is 2. The predicted molar refractivity (Wildman–Crippen MR) is 125 cm³/mol. The monoisotopic (exact) mass is 491 g/mol. The number of aromatic amines is 1. The predicted octanol–water partition coefficient (Wildman–Crippen LogP) is 1.83. The summed E-state index contributed by atoms with van der Waals surface area (Å²) in [5.74, 6) is 0.522. The molecule has 34 heavy (non-hydrogen) atoms. The molecule has 2 heterocycles. The molecule has 13 heteroatoms. The molecule has 0 aliphatic carbocycles. The van der Waals surface area contributed by atoms with Crippen LogP contribution < -0.4 is 31.2 Å². The molecule has 3 rings (SSSR count). The summed E-state index contributed by atoms with van der Waals surface area (Å²) in [6.07, 6.45) is 0. The maximum absolute atomic E-state index is 12.8. The number of thioether (sulfide) groups is 1. The minimum absolute atomic E-state index is 0.0789. The van der Waals surface area contributed by atoms with Gasteiger partial charge in [-0.05, 0) is 18.1 Å². The third kappa shape index (κ3) is 5.09. The van der Waals surface area contributed by atoms with Crippen LogP contribution in [0.15, 0.2) is 31.4 Å². The zero-order chi connectivity index (χ0) is 25.0. The van der Waals surface area contributed by atoms with Crippen LogP contribution in [0.4, 0.5) is 5.82 Å². The van der Waals surface area contributed by atoms with Gasteiger partial charge in [0.15, 0.2) is 17.3 Å². The first-order valence-electron chi connectivity index (χ1n) is 10.1. The summed E-state index contributed by atoms with van der Waals surface area (Å²) in [6.45, 7) is 4.03. The first kappa shape index (κ1) is 24.9. The van der Waals surface area contributed by atoms with Gasteiger partial charge >= 0.3 is 5.69 Å². The van der Waals surface area contributed by atoms with Gasteiger partial charge in [-0.3, -0.25) is 19.1 Å². The van der Waals surface area contributed by atoms with Crippen molar-refractivity contribution in [3.63, 3.8) is 0 Å². The van der Waals surface area contributed by atoms with E-state index in [4.69, 9.17) is 24.4 Å². The number of benzene rings is 1. The number of nitrogen functional groups attached to an aromatic ring is 1. The van der Waals surface area contributed by atoms with Gasteiger partial charge in [0.25, 0.3) is 10.8 Å². The van der Waals surface area contributed by atoms with Gasteiger partial charge in [-0.1, -0.05) is 25.6 Å². The average Bonchev–Trinajstić information content (AvgIpc) is 3.28. The summed E-state index contributed by atoms with van der Waals surface area (Å²) in [4.78, 5) is 39.2. The molecule has 0 saturated heterocycles. The molecule has 0 spiro atoms. The molecule has 0 unspecified atom stereocenters. The third-order valence-corrected chi connectivity index (χ3v) is 5.53. The maximum Gasteiger partial charge on any atom is 0.329 e. The van der Waals surface area contributed by atoms with Gasteiger partial charge in [0.1, 0.15) is 11.4 Å². The minimum Gasteiger partial charge on any atom is -0.493 e. The first-order chi connectivity index (χ1) is 16.2. The van der Waals surface area contributed by atoms with Crippen LogP contribution in [0.2, 0.25) is 0 Å². The Morgan fingerprint density at radius 1 is 1.15 bits per heavy atom. The van der Waals surface area contributed by atoms with Crippen LogP contribution in [0.1, 0.15) is 24.2 Å². The minimum atomic E-state index is -0.836. The van der Waals surface area contributed by atoms with E-state index in [0.717, 1.165) is 11.8 Å². The van der Waals surface area contributed by atoms with E-state index in [2.05, 4.69) is 15.2 Å². The van der Waals surface area contributed by atoms with Crippen molar-refractivity contribution in [2.45, 2.75) is 25.6 Å². The fourth-order valence-electron chi connectivity index (χ4n) is 3.19. The van der Waals surface area contributed by atoms with E-state index < -0.39 is 17.0 Å². The van der Waals surface area contributed by atoms with E-state index in [1.54, 1.807) is 12.1 Å². The topological polar surface area (TPSA) is 165 Å². The zero-order valence-corrected chi connectivity index (χ0v) is 20.1. The molecule has 0 aliphatic heterocycles. The van der Waals surface area contributed by atoms with Crippen molar-refractivity contribution in [2.75, 3.05) is 32.8 Å². The van der Waals surface area contributed by atoms with Gasteiger partial charge in [0.05, 0.1) is 27.1 Å². The van der Waals surface area contributed by atoms with Gasteiger partial charge in [0, 0.05) is 12.1 Å².